The quantitative estimate of drug-likeness (QED) is 0.676. The molecule has 2 aliphatic heterocycles. The molecular weight excluding hydrogens is 202 g/mol. The number of hydrogen-bond donors (Lipinski definition) is 2. The molecule has 0 aromatic heterocycles. The summed E-state index contributed by atoms with van der Waals surface area (Å²) in [6.07, 6.45) is 2.05. The van der Waals surface area contributed by atoms with Gasteiger partial charge in [-0.15, -0.1) is 11.8 Å². The molecule has 0 amide bonds. The van der Waals surface area contributed by atoms with Crippen LogP contribution in [0.15, 0.2) is 0 Å². The minimum Gasteiger partial charge on any atom is -0.480 e. The molecule has 2 N–H and O–H groups in total. The van der Waals surface area contributed by atoms with Crippen LogP contribution in [-0.2, 0) is 9.53 Å². The van der Waals surface area contributed by atoms with Crippen molar-refractivity contribution in [2.75, 3.05) is 12.4 Å². The van der Waals surface area contributed by atoms with Crippen LogP contribution in [0.25, 0.3) is 0 Å². The SMILES string of the molecule is CC1CC2(CCO1)N[C@H](C(=O)O)CS2. The highest BCUT2D eigenvalue weighted by atomic mass is 32.2. The minimum absolute atomic E-state index is 0.0409. The van der Waals surface area contributed by atoms with Crippen molar-refractivity contribution in [2.45, 2.75) is 36.8 Å². The van der Waals surface area contributed by atoms with Crippen LogP contribution in [0, 0.1) is 0 Å². The molecule has 4 nitrogen and oxygen atoms in total. The molecule has 0 saturated carbocycles. The van der Waals surface area contributed by atoms with Crippen LogP contribution >= 0.6 is 11.8 Å². The number of thioether (sulfide) groups is 1. The Kier molecular flexibility index (Phi) is 2.72. The predicted molar refractivity (Wildman–Crippen MR) is 54.4 cm³/mol. The molecule has 2 unspecified atom stereocenters. The van der Waals surface area contributed by atoms with E-state index < -0.39 is 5.97 Å². The van der Waals surface area contributed by atoms with Gasteiger partial charge in [0.1, 0.15) is 6.04 Å². The summed E-state index contributed by atoms with van der Waals surface area (Å²) in [4.78, 5) is 10.8. The zero-order valence-electron chi connectivity index (χ0n) is 8.16. The van der Waals surface area contributed by atoms with Crippen LogP contribution in [-0.4, -0.2) is 40.5 Å². The Bertz CT molecular complexity index is 248. The van der Waals surface area contributed by atoms with Gasteiger partial charge in [-0.25, -0.2) is 0 Å². The molecule has 2 saturated heterocycles. The molecule has 3 atom stereocenters. The van der Waals surface area contributed by atoms with Crippen LogP contribution < -0.4 is 5.32 Å². The van der Waals surface area contributed by atoms with E-state index in [0.717, 1.165) is 19.4 Å². The Hall–Kier alpha value is -0.260. The molecule has 0 aromatic carbocycles. The van der Waals surface area contributed by atoms with Crippen LogP contribution in [0.5, 0.6) is 0 Å². The van der Waals surface area contributed by atoms with Gasteiger partial charge in [-0.05, 0) is 13.3 Å². The van der Waals surface area contributed by atoms with E-state index in [2.05, 4.69) is 5.32 Å². The van der Waals surface area contributed by atoms with Gasteiger partial charge in [-0.1, -0.05) is 0 Å². The van der Waals surface area contributed by atoms with Gasteiger partial charge in [-0.3, -0.25) is 10.1 Å². The lowest BCUT2D eigenvalue weighted by Gasteiger charge is -2.36. The molecule has 2 fully saturated rings. The lowest BCUT2D eigenvalue weighted by molar-refractivity contribution is -0.139. The van der Waals surface area contributed by atoms with E-state index in [1.165, 1.54) is 0 Å². The van der Waals surface area contributed by atoms with Crippen molar-refractivity contribution >= 4 is 17.7 Å². The van der Waals surface area contributed by atoms with E-state index >= 15 is 0 Å². The summed E-state index contributed by atoms with van der Waals surface area (Å²) in [7, 11) is 0. The van der Waals surface area contributed by atoms with Crippen molar-refractivity contribution < 1.29 is 14.6 Å². The molecule has 0 bridgehead atoms. The standard InChI is InChI=1S/C9H15NO3S/c1-6-4-9(2-3-13-6)10-7(5-14-9)8(11)12/h6-7,10H,2-5H2,1H3,(H,11,12)/t6?,7-,9?/m0/s1. The summed E-state index contributed by atoms with van der Waals surface area (Å²) in [5, 5.41) is 12.1. The average molecular weight is 217 g/mol. The number of carboxylic acid groups (broad SMARTS) is 1. The maximum absolute atomic E-state index is 10.8. The van der Waals surface area contributed by atoms with Gasteiger partial charge in [0, 0.05) is 18.8 Å². The fourth-order valence-electron chi connectivity index (χ4n) is 2.09. The van der Waals surface area contributed by atoms with Crippen molar-refractivity contribution in [3.63, 3.8) is 0 Å². The first-order chi connectivity index (χ1) is 6.61. The Balaban J connectivity index is 2.01. The number of nitrogens with one attached hydrogen (secondary N) is 1. The second-order valence-corrected chi connectivity index (χ2v) is 5.38. The normalized spacial score (nSPS) is 42.9. The second kappa shape index (κ2) is 3.72. The Labute approximate surface area is 87.4 Å². The highest BCUT2D eigenvalue weighted by Crippen LogP contribution is 2.40. The van der Waals surface area contributed by atoms with E-state index in [1.807, 2.05) is 6.92 Å². The molecule has 0 radical (unpaired) electrons. The van der Waals surface area contributed by atoms with E-state index in [9.17, 15) is 4.79 Å². The molecular formula is C9H15NO3S. The number of ether oxygens (including phenoxy) is 1. The molecule has 0 aromatic rings. The van der Waals surface area contributed by atoms with Gasteiger partial charge in [0.05, 0.1) is 11.0 Å². The average Bonchev–Trinajstić information content (AvgIpc) is 2.49. The third kappa shape index (κ3) is 1.89. The van der Waals surface area contributed by atoms with Gasteiger partial charge in [0.2, 0.25) is 0 Å². The first kappa shape index (κ1) is 10.3. The molecule has 1 spiro atoms. The molecule has 0 aliphatic carbocycles. The van der Waals surface area contributed by atoms with Gasteiger partial charge in [0.25, 0.3) is 0 Å². The van der Waals surface area contributed by atoms with E-state index in [1.54, 1.807) is 11.8 Å². The van der Waals surface area contributed by atoms with E-state index in [4.69, 9.17) is 9.84 Å². The molecule has 2 rings (SSSR count). The Morgan fingerprint density at radius 2 is 2.50 bits per heavy atom. The van der Waals surface area contributed by atoms with Crippen molar-refractivity contribution in [3.8, 4) is 0 Å². The monoisotopic (exact) mass is 217 g/mol. The summed E-state index contributed by atoms with van der Waals surface area (Å²) >= 11 is 1.73. The summed E-state index contributed by atoms with van der Waals surface area (Å²) < 4.78 is 5.46. The number of carboxylic acids is 1. The van der Waals surface area contributed by atoms with Crippen molar-refractivity contribution in [3.05, 3.63) is 0 Å². The van der Waals surface area contributed by atoms with Crippen molar-refractivity contribution in [2.24, 2.45) is 0 Å². The maximum atomic E-state index is 10.8. The Morgan fingerprint density at radius 1 is 1.71 bits per heavy atom. The smallest absolute Gasteiger partial charge is 0.321 e. The summed E-state index contributed by atoms with van der Waals surface area (Å²) in [5.74, 6) is -0.0734. The molecule has 2 heterocycles. The van der Waals surface area contributed by atoms with Gasteiger partial charge in [-0.2, -0.15) is 0 Å². The zero-order chi connectivity index (χ0) is 10.2. The maximum Gasteiger partial charge on any atom is 0.321 e. The molecule has 5 heteroatoms. The van der Waals surface area contributed by atoms with Crippen LogP contribution in [0.2, 0.25) is 0 Å². The number of hydrogen-bond acceptors (Lipinski definition) is 4. The van der Waals surface area contributed by atoms with Crippen molar-refractivity contribution in [1.29, 1.82) is 0 Å². The minimum atomic E-state index is -0.742. The fourth-order valence-corrected chi connectivity index (χ4v) is 3.61. The zero-order valence-corrected chi connectivity index (χ0v) is 8.97. The van der Waals surface area contributed by atoms with Crippen LogP contribution in [0.1, 0.15) is 19.8 Å². The first-order valence-electron chi connectivity index (χ1n) is 4.87. The number of carbonyl (C=O) groups is 1. The fraction of sp³-hybridized carbons (Fsp3) is 0.889. The molecule has 80 valence electrons. The van der Waals surface area contributed by atoms with Crippen molar-refractivity contribution in [1.82, 2.24) is 5.32 Å². The largest absolute Gasteiger partial charge is 0.480 e. The second-order valence-electron chi connectivity index (χ2n) is 3.98. The highest BCUT2D eigenvalue weighted by Gasteiger charge is 2.44. The third-order valence-electron chi connectivity index (χ3n) is 2.79. The van der Waals surface area contributed by atoms with Gasteiger partial charge in [0.15, 0.2) is 0 Å². The lowest BCUT2D eigenvalue weighted by atomic mass is 10.0. The number of rotatable bonds is 1. The van der Waals surface area contributed by atoms with Crippen LogP contribution in [0.3, 0.4) is 0 Å². The summed E-state index contributed by atoms with van der Waals surface area (Å²) in [6.45, 7) is 2.77. The van der Waals surface area contributed by atoms with E-state index in [-0.39, 0.29) is 17.0 Å². The molecule has 14 heavy (non-hydrogen) atoms. The van der Waals surface area contributed by atoms with Gasteiger partial charge < -0.3 is 9.84 Å². The first-order valence-corrected chi connectivity index (χ1v) is 5.86. The van der Waals surface area contributed by atoms with Gasteiger partial charge >= 0.3 is 5.97 Å². The predicted octanol–water partition coefficient (Wildman–Crippen LogP) is 0.671. The lowest BCUT2D eigenvalue weighted by Crippen LogP contribution is -2.49. The highest BCUT2D eigenvalue weighted by molar-refractivity contribution is 8.01. The number of aliphatic carboxylic acids is 1. The summed E-state index contributed by atoms with van der Waals surface area (Å²) in [5.41, 5.74) is 0. The summed E-state index contributed by atoms with van der Waals surface area (Å²) in [6, 6.07) is -0.384. The molecule has 2 aliphatic rings. The van der Waals surface area contributed by atoms with Crippen LogP contribution in [0.4, 0.5) is 0 Å². The van der Waals surface area contributed by atoms with E-state index in [0.29, 0.717) is 5.75 Å². The topological polar surface area (TPSA) is 58.6 Å². The Morgan fingerprint density at radius 3 is 3.07 bits per heavy atom. The third-order valence-corrected chi connectivity index (χ3v) is 4.33.